The summed E-state index contributed by atoms with van der Waals surface area (Å²) in [6, 6.07) is 15.6. The first-order valence-corrected chi connectivity index (χ1v) is 8.65. The standard InChI is InChI=1S/C11H9F3N2.C11H6F2N.Ir/c1-15-5-6-16(8-15)10-4-2-3-9(7-10)11(12,13)14;12-8-4-5-9(10(13)7-8)11-3-1-2-6-14-11;/h2-3,5-8H,1H3;1-4,6-7H;/q-2;-1;+3. The fourth-order valence-corrected chi connectivity index (χ4v) is 2.52. The van der Waals surface area contributed by atoms with Crippen molar-refractivity contribution in [2.45, 2.75) is 6.18 Å². The van der Waals surface area contributed by atoms with Gasteiger partial charge in [-0.1, -0.05) is 29.3 Å². The molecule has 0 fully saturated rings. The Morgan fingerprint density at radius 3 is 2.39 bits per heavy atom. The molecule has 0 N–H and O–H groups in total. The summed E-state index contributed by atoms with van der Waals surface area (Å²) in [6.45, 7) is 1.67. The van der Waals surface area contributed by atoms with Crippen molar-refractivity contribution in [3.05, 3.63) is 103 Å². The van der Waals surface area contributed by atoms with Crippen LogP contribution in [-0.4, -0.2) is 16.9 Å². The number of alkyl halides is 3. The van der Waals surface area contributed by atoms with E-state index in [1.807, 2.05) is 0 Å². The summed E-state index contributed by atoms with van der Waals surface area (Å²) in [5.41, 5.74) is 0.338. The molecular weight excluding hydrogens is 593 g/mol. The van der Waals surface area contributed by atoms with Crippen molar-refractivity contribution in [1.82, 2.24) is 9.88 Å². The van der Waals surface area contributed by atoms with E-state index in [2.05, 4.69) is 17.1 Å². The van der Waals surface area contributed by atoms with Gasteiger partial charge in [-0.2, -0.15) is 38.0 Å². The van der Waals surface area contributed by atoms with Gasteiger partial charge in [-0.05, 0) is 31.2 Å². The van der Waals surface area contributed by atoms with Crippen molar-refractivity contribution >= 4 is 5.69 Å². The van der Waals surface area contributed by atoms with E-state index >= 15 is 0 Å². The van der Waals surface area contributed by atoms with Crippen molar-refractivity contribution in [1.29, 1.82) is 0 Å². The van der Waals surface area contributed by atoms with Gasteiger partial charge in [0.25, 0.3) is 0 Å². The van der Waals surface area contributed by atoms with Gasteiger partial charge in [0, 0.05) is 17.8 Å². The number of benzene rings is 2. The molecule has 1 aliphatic heterocycles. The van der Waals surface area contributed by atoms with Crippen molar-refractivity contribution in [3.8, 4) is 11.3 Å². The third-order valence-corrected chi connectivity index (χ3v) is 3.94. The minimum atomic E-state index is -4.32. The molecule has 0 bridgehead atoms. The summed E-state index contributed by atoms with van der Waals surface area (Å²) in [6.07, 6.45) is 0.644. The van der Waals surface area contributed by atoms with E-state index < -0.39 is 23.4 Å². The van der Waals surface area contributed by atoms with Gasteiger partial charge in [0.1, 0.15) is 0 Å². The molecule has 0 atom stereocenters. The molecule has 31 heavy (non-hydrogen) atoms. The van der Waals surface area contributed by atoms with E-state index in [0.29, 0.717) is 11.4 Å². The van der Waals surface area contributed by atoms with Crippen molar-refractivity contribution < 1.29 is 42.1 Å². The average molecular weight is 609 g/mol. The Kier molecular flexibility index (Phi) is 8.30. The number of halogens is 5. The molecule has 3 aromatic rings. The van der Waals surface area contributed by atoms with Crippen molar-refractivity contribution in [2.24, 2.45) is 0 Å². The number of aromatic nitrogens is 1. The second-order valence-corrected chi connectivity index (χ2v) is 6.20. The molecule has 0 aliphatic carbocycles. The molecular formula is C22H15F5IrN3. The summed E-state index contributed by atoms with van der Waals surface area (Å²) < 4.78 is 63.2. The molecule has 0 radical (unpaired) electrons. The Balaban J connectivity index is 0.000000215. The summed E-state index contributed by atoms with van der Waals surface area (Å²) in [5.74, 6) is -1.29. The predicted molar refractivity (Wildman–Crippen MR) is 102 cm³/mol. The molecule has 0 saturated carbocycles. The molecule has 0 saturated heterocycles. The van der Waals surface area contributed by atoms with Crippen molar-refractivity contribution in [3.63, 3.8) is 0 Å². The normalized spacial score (nSPS) is 12.8. The molecule has 2 heterocycles. The summed E-state index contributed by atoms with van der Waals surface area (Å²) >= 11 is 0. The smallest absolute Gasteiger partial charge is 0.510 e. The first kappa shape index (κ1) is 24.5. The van der Waals surface area contributed by atoms with Gasteiger partial charge in [-0.3, -0.25) is 8.78 Å². The first-order chi connectivity index (χ1) is 14.2. The number of nitrogens with zero attached hydrogens (tertiary/aromatic N) is 3. The molecule has 4 rings (SSSR count). The van der Waals surface area contributed by atoms with Crippen LogP contribution in [0.3, 0.4) is 0 Å². The predicted octanol–water partition coefficient (Wildman–Crippen LogP) is 5.67. The summed E-state index contributed by atoms with van der Waals surface area (Å²) in [4.78, 5) is 7.27. The van der Waals surface area contributed by atoms with E-state index in [1.165, 1.54) is 6.07 Å². The third-order valence-electron chi connectivity index (χ3n) is 3.94. The molecule has 2 aromatic carbocycles. The Bertz CT molecular complexity index is 1030. The number of anilines is 1. The van der Waals surface area contributed by atoms with Crippen molar-refractivity contribution in [2.75, 3.05) is 11.9 Å². The molecule has 1 aliphatic rings. The van der Waals surface area contributed by atoms with Crippen LogP contribution < -0.4 is 4.90 Å². The van der Waals surface area contributed by atoms with E-state index in [9.17, 15) is 22.0 Å². The van der Waals surface area contributed by atoms with Crippen LogP contribution in [0.5, 0.6) is 0 Å². The minimum absolute atomic E-state index is 0. The van der Waals surface area contributed by atoms with E-state index in [0.717, 1.165) is 24.3 Å². The Labute approximate surface area is 190 Å². The number of hydrogen-bond donors (Lipinski definition) is 0. The zero-order chi connectivity index (χ0) is 21.7. The summed E-state index contributed by atoms with van der Waals surface area (Å²) in [5, 5.41) is 0. The van der Waals surface area contributed by atoms with Gasteiger partial charge >= 0.3 is 26.3 Å². The SMILES string of the molecule is CN1C=CN(c2[c-]ccc(C(F)(F)F)c2)[CH-]1.Fc1c[c-]c(-c2ccccn2)c(F)c1.[Ir+3]. The van der Waals surface area contributed by atoms with E-state index in [-0.39, 0.29) is 25.7 Å². The van der Waals surface area contributed by atoms with Crippen LogP contribution >= 0.6 is 0 Å². The quantitative estimate of drug-likeness (QED) is 0.276. The maximum atomic E-state index is 13.2. The zero-order valence-corrected chi connectivity index (χ0v) is 18.4. The molecule has 162 valence electrons. The van der Waals surface area contributed by atoms with Crippen LogP contribution in [0.15, 0.2) is 67.1 Å². The third kappa shape index (κ3) is 6.60. The fraction of sp³-hybridized carbons (Fsp3) is 0.0909. The monoisotopic (exact) mass is 609 g/mol. The van der Waals surface area contributed by atoms with Gasteiger partial charge in [-0.15, -0.1) is 23.9 Å². The Morgan fingerprint density at radius 1 is 1.03 bits per heavy atom. The molecule has 1 aromatic heterocycles. The Hall–Kier alpha value is -2.77. The maximum Gasteiger partial charge on any atom is 3.00 e. The van der Waals surface area contributed by atoms with Gasteiger partial charge < -0.3 is 14.8 Å². The second kappa shape index (κ2) is 10.5. The van der Waals surface area contributed by atoms with Crippen LogP contribution in [0.4, 0.5) is 27.6 Å². The maximum absolute atomic E-state index is 13.2. The molecule has 0 amide bonds. The van der Waals surface area contributed by atoms with Crippen LogP contribution in [0, 0.1) is 30.4 Å². The molecule has 3 nitrogen and oxygen atoms in total. The molecule has 0 spiro atoms. The molecule has 9 heteroatoms. The van der Waals surface area contributed by atoms with E-state index in [4.69, 9.17) is 0 Å². The topological polar surface area (TPSA) is 19.4 Å². The number of rotatable bonds is 2. The van der Waals surface area contributed by atoms with Gasteiger partial charge in [-0.25, -0.2) is 0 Å². The number of pyridine rings is 1. The van der Waals surface area contributed by atoms with Crippen LogP contribution in [0.2, 0.25) is 0 Å². The van der Waals surface area contributed by atoms with E-state index in [1.54, 1.807) is 60.3 Å². The van der Waals surface area contributed by atoms with Gasteiger partial charge in [0.15, 0.2) is 0 Å². The van der Waals surface area contributed by atoms with Crippen LogP contribution in [-0.2, 0) is 26.3 Å². The average Bonchev–Trinajstić information content (AvgIpc) is 3.15. The largest absolute Gasteiger partial charge is 3.00 e. The molecule has 0 unspecified atom stereocenters. The van der Waals surface area contributed by atoms with Gasteiger partial charge in [0.05, 0.1) is 0 Å². The number of hydrogen-bond acceptors (Lipinski definition) is 3. The minimum Gasteiger partial charge on any atom is -0.510 e. The fourth-order valence-electron chi connectivity index (χ4n) is 2.52. The van der Waals surface area contributed by atoms with Crippen LogP contribution in [0.1, 0.15) is 5.56 Å². The zero-order valence-electron chi connectivity index (χ0n) is 16.0. The van der Waals surface area contributed by atoms with Crippen LogP contribution in [0.25, 0.3) is 11.3 Å². The summed E-state index contributed by atoms with van der Waals surface area (Å²) in [7, 11) is 1.80. The first-order valence-electron chi connectivity index (χ1n) is 8.65. The second-order valence-electron chi connectivity index (χ2n) is 6.20. The Morgan fingerprint density at radius 2 is 1.81 bits per heavy atom. The van der Waals surface area contributed by atoms with Gasteiger partial charge in [0.2, 0.25) is 0 Å².